The van der Waals surface area contributed by atoms with Gasteiger partial charge in [-0.05, 0) is 44.0 Å². The molecule has 0 radical (unpaired) electrons. The van der Waals surface area contributed by atoms with E-state index >= 15 is 0 Å². The summed E-state index contributed by atoms with van der Waals surface area (Å²) >= 11 is 0. The molecule has 0 fully saturated rings. The zero-order valence-electron chi connectivity index (χ0n) is 23.5. The van der Waals surface area contributed by atoms with Crippen molar-refractivity contribution >= 4 is 11.6 Å². The van der Waals surface area contributed by atoms with Crippen molar-refractivity contribution in [2.75, 3.05) is 5.32 Å². The fourth-order valence-electron chi connectivity index (χ4n) is 5.41. The minimum atomic E-state index is -0.725. The van der Waals surface area contributed by atoms with Gasteiger partial charge in [0.2, 0.25) is 5.91 Å². The van der Waals surface area contributed by atoms with E-state index < -0.39 is 12.7 Å². The maximum Gasteiger partial charge on any atom is 0.254 e. The van der Waals surface area contributed by atoms with Crippen LogP contribution in [0.4, 0.5) is 10.1 Å². The first-order valence-electron chi connectivity index (χ1n) is 13.8. The lowest BCUT2D eigenvalue weighted by Crippen LogP contribution is -2.27. The number of hydrogen-bond donors (Lipinski definition) is 1. The van der Waals surface area contributed by atoms with Crippen molar-refractivity contribution in [2.24, 2.45) is 13.0 Å². The lowest BCUT2D eigenvalue weighted by molar-refractivity contribution is -0.119. The Morgan fingerprint density at radius 2 is 1.95 bits per heavy atom. The van der Waals surface area contributed by atoms with Crippen LogP contribution in [0, 0.1) is 12.8 Å². The number of pyridine rings is 1. The summed E-state index contributed by atoms with van der Waals surface area (Å²) in [6.07, 6.45) is 8.36. The number of benzene rings is 1. The van der Waals surface area contributed by atoms with E-state index in [2.05, 4.69) is 25.7 Å². The Hall–Kier alpha value is -5.00. The third-order valence-electron chi connectivity index (χ3n) is 7.68. The second-order valence-electron chi connectivity index (χ2n) is 10.7. The van der Waals surface area contributed by atoms with E-state index in [0.29, 0.717) is 47.6 Å². The number of aromatic nitrogens is 8. The van der Waals surface area contributed by atoms with Gasteiger partial charge in [0.15, 0.2) is 0 Å². The van der Waals surface area contributed by atoms with Gasteiger partial charge in [-0.1, -0.05) is 30.2 Å². The Bertz CT molecular complexity index is 1840. The van der Waals surface area contributed by atoms with Crippen molar-refractivity contribution in [1.82, 2.24) is 39.3 Å². The summed E-state index contributed by atoms with van der Waals surface area (Å²) in [7, 11) is 1.82. The quantitative estimate of drug-likeness (QED) is 0.341. The lowest BCUT2D eigenvalue weighted by Gasteiger charge is -2.22. The van der Waals surface area contributed by atoms with Crippen LogP contribution < -0.4 is 10.9 Å². The average Bonchev–Trinajstić information content (AvgIpc) is 3.61. The van der Waals surface area contributed by atoms with Gasteiger partial charge in [-0.15, -0.1) is 5.10 Å². The lowest BCUT2D eigenvalue weighted by atomic mass is 9.97. The molecule has 0 unspecified atom stereocenters. The second kappa shape index (κ2) is 11.1. The Kier molecular flexibility index (Phi) is 7.19. The first-order valence-corrected chi connectivity index (χ1v) is 13.8. The number of anilines is 1. The molecule has 1 aliphatic rings. The molecule has 1 aliphatic heterocycles. The molecule has 2 atom stereocenters. The number of nitrogens with one attached hydrogen (secondary N) is 1. The monoisotopic (exact) mass is 567 g/mol. The third kappa shape index (κ3) is 5.11. The van der Waals surface area contributed by atoms with Gasteiger partial charge in [-0.2, -0.15) is 5.10 Å². The maximum atomic E-state index is 13.7. The third-order valence-corrected chi connectivity index (χ3v) is 7.68. The van der Waals surface area contributed by atoms with Gasteiger partial charge < -0.3 is 5.32 Å². The van der Waals surface area contributed by atoms with Crippen LogP contribution in [0.5, 0.6) is 0 Å². The zero-order valence-corrected chi connectivity index (χ0v) is 23.5. The topological polar surface area (TPSA) is 125 Å². The average molecular weight is 568 g/mol. The standard InChI is InChI=1S/C30H30FN9O2/c1-18-7-8-26(40-16-21(14-31)36-37-40)22(11-18)23-13-28(41)39(17-33-23)27-6-4-5-19(2)30(42)35-25-15-34-38(3)29(25)20-9-10-32-24(27)12-20/h7-13,15-17,19,27H,4-6,14H2,1-3H3,(H,35,42)/t19-,27+/m1/s1. The van der Waals surface area contributed by atoms with E-state index in [-0.39, 0.29) is 23.1 Å². The minimum absolute atomic E-state index is 0.0705. The molecule has 0 aliphatic carbocycles. The molecular weight excluding hydrogens is 537 g/mol. The molecular formula is C30H30FN9O2. The molecule has 11 nitrogen and oxygen atoms in total. The molecule has 5 heterocycles. The highest BCUT2D eigenvalue weighted by atomic mass is 19.1. The molecule has 5 aromatic rings. The number of alkyl halides is 1. The van der Waals surface area contributed by atoms with Crippen LogP contribution in [0.3, 0.4) is 0 Å². The second-order valence-corrected chi connectivity index (χ2v) is 10.7. The number of rotatable bonds is 4. The molecule has 2 bridgehead atoms. The summed E-state index contributed by atoms with van der Waals surface area (Å²) in [5, 5.41) is 15.3. The van der Waals surface area contributed by atoms with Crippen molar-refractivity contribution in [2.45, 2.75) is 45.8 Å². The van der Waals surface area contributed by atoms with Crippen molar-refractivity contribution < 1.29 is 9.18 Å². The smallest absolute Gasteiger partial charge is 0.254 e. The van der Waals surface area contributed by atoms with Crippen LogP contribution in [0.25, 0.3) is 28.2 Å². The number of hydrogen-bond acceptors (Lipinski definition) is 7. The van der Waals surface area contributed by atoms with E-state index in [0.717, 1.165) is 16.8 Å². The first-order chi connectivity index (χ1) is 20.3. The van der Waals surface area contributed by atoms with Gasteiger partial charge in [0.25, 0.3) is 5.56 Å². The van der Waals surface area contributed by atoms with Crippen LogP contribution in [0.15, 0.2) is 66.1 Å². The van der Waals surface area contributed by atoms with Gasteiger partial charge in [0.1, 0.15) is 12.4 Å². The Balaban J connectivity index is 1.43. The molecule has 1 amide bonds. The fraction of sp³-hybridized carbons (Fsp3) is 0.300. The van der Waals surface area contributed by atoms with Crippen molar-refractivity contribution in [3.05, 3.63) is 88.6 Å². The molecule has 12 heteroatoms. The minimum Gasteiger partial charge on any atom is -0.323 e. The van der Waals surface area contributed by atoms with Crippen LogP contribution >= 0.6 is 0 Å². The predicted octanol–water partition coefficient (Wildman–Crippen LogP) is 4.41. The zero-order chi connectivity index (χ0) is 29.4. The van der Waals surface area contributed by atoms with Gasteiger partial charge in [-0.25, -0.2) is 14.1 Å². The van der Waals surface area contributed by atoms with Gasteiger partial charge >= 0.3 is 0 Å². The molecule has 0 saturated heterocycles. The molecule has 4 aromatic heterocycles. The van der Waals surface area contributed by atoms with E-state index in [9.17, 15) is 14.0 Å². The number of amides is 1. The highest BCUT2D eigenvalue weighted by molar-refractivity contribution is 5.95. The Morgan fingerprint density at radius 3 is 2.74 bits per heavy atom. The SMILES string of the molecule is Cc1ccc(-n2cc(CF)nn2)c(-c2cc(=O)n([C@H]3CCC[C@@H](C)C(=O)Nc4cnn(C)c4-c4ccnc3c4)cn2)c1. The Morgan fingerprint density at radius 1 is 1.10 bits per heavy atom. The van der Waals surface area contributed by atoms with Crippen molar-refractivity contribution in [3.63, 3.8) is 0 Å². The fourth-order valence-corrected chi connectivity index (χ4v) is 5.41. The summed E-state index contributed by atoms with van der Waals surface area (Å²) in [5.74, 6) is -0.296. The number of carbonyl (C=O) groups is 1. The summed E-state index contributed by atoms with van der Waals surface area (Å²) in [4.78, 5) is 36.0. The van der Waals surface area contributed by atoms with Crippen LogP contribution in [-0.4, -0.2) is 45.2 Å². The van der Waals surface area contributed by atoms with Gasteiger partial charge in [0.05, 0.1) is 53.2 Å². The number of aryl methyl sites for hydroxylation is 2. The molecule has 1 N–H and O–H groups in total. The van der Waals surface area contributed by atoms with Crippen LogP contribution in [-0.2, 0) is 18.5 Å². The number of fused-ring (bicyclic) bond motifs is 4. The molecule has 6 rings (SSSR count). The first kappa shape index (κ1) is 27.2. The summed E-state index contributed by atoms with van der Waals surface area (Å²) < 4.78 is 18.0. The molecule has 0 spiro atoms. The normalized spacial score (nSPS) is 17.2. The van der Waals surface area contributed by atoms with Crippen LogP contribution in [0.2, 0.25) is 0 Å². The Labute approximate surface area is 241 Å². The van der Waals surface area contributed by atoms with E-state index in [1.165, 1.54) is 16.9 Å². The molecule has 0 saturated carbocycles. The number of nitrogens with zero attached hydrogens (tertiary/aromatic N) is 8. The van der Waals surface area contributed by atoms with Crippen molar-refractivity contribution in [3.8, 4) is 28.2 Å². The summed E-state index contributed by atoms with van der Waals surface area (Å²) in [6, 6.07) is 10.6. The van der Waals surface area contributed by atoms with Gasteiger partial charge in [-0.3, -0.25) is 23.8 Å². The number of carbonyl (C=O) groups excluding carboxylic acids is 1. The van der Waals surface area contributed by atoms with Gasteiger partial charge in [0, 0.05) is 36.4 Å². The van der Waals surface area contributed by atoms with Crippen molar-refractivity contribution in [1.29, 1.82) is 0 Å². The summed E-state index contributed by atoms with van der Waals surface area (Å²) in [5.41, 5.74) is 5.66. The largest absolute Gasteiger partial charge is 0.323 e. The predicted molar refractivity (Wildman–Crippen MR) is 155 cm³/mol. The van der Waals surface area contributed by atoms with E-state index in [1.54, 1.807) is 28.0 Å². The summed E-state index contributed by atoms with van der Waals surface area (Å²) in [6.45, 7) is 3.12. The highest BCUT2D eigenvalue weighted by Gasteiger charge is 2.24. The van der Waals surface area contributed by atoms with E-state index in [1.807, 2.05) is 51.2 Å². The molecule has 214 valence electrons. The number of halogens is 1. The molecule has 1 aromatic carbocycles. The van der Waals surface area contributed by atoms with E-state index in [4.69, 9.17) is 4.98 Å². The molecule has 42 heavy (non-hydrogen) atoms. The highest BCUT2D eigenvalue weighted by Crippen LogP contribution is 2.33. The maximum absolute atomic E-state index is 13.7. The van der Waals surface area contributed by atoms with Crippen LogP contribution in [0.1, 0.15) is 49.2 Å².